The molecule has 2 amide bonds. The number of benzene rings is 1. The molecule has 1 atom stereocenters. The fraction of sp³-hybridized carbons (Fsp3) is 0.438. The van der Waals surface area contributed by atoms with E-state index in [-0.39, 0.29) is 5.91 Å². The number of carbonyl (C=O) groups is 3. The van der Waals surface area contributed by atoms with Gasteiger partial charge < -0.3 is 20.1 Å². The Balaban J connectivity index is 2.39. The highest BCUT2D eigenvalue weighted by molar-refractivity contribution is 5.92. The van der Waals surface area contributed by atoms with Crippen LogP contribution in [0.5, 0.6) is 5.75 Å². The van der Waals surface area contributed by atoms with Gasteiger partial charge in [-0.15, -0.1) is 0 Å². The maximum atomic E-state index is 11.8. The molecule has 0 unspecified atom stereocenters. The maximum Gasteiger partial charge on any atom is 0.338 e. The fourth-order valence-electron chi connectivity index (χ4n) is 1.69. The molecule has 0 heterocycles. The van der Waals surface area contributed by atoms with Crippen molar-refractivity contribution >= 4 is 17.8 Å². The van der Waals surface area contributed by atoms with Gasteiger partial charge in [0.15, 0.2) is 6.61 Å². The van der Waals surface area contributed by atoms with E-state index in [1.54, 1.807) is 31.2 Å². The van der Waals surface area contributed by atoms with Crippen molar-refractivity contribution in [2.75, 3.05) is 20.3 Å². The lowest BCUT2D eigenvalue weighted by molar-refractivity contribution is -0.130. The molecule has 0 radical (unpaired) electrons. The molecule has 2 N–H and O–H groups in total. The molecular weight excluding hydrogens is 300 g/mol. The molecule has 7 nitrogen and oxygen atoms in total. The zero-order chi connectivity index (χ0) is 17.2. The molecule has 1 rings (SSSR count). The average molecular weight is 322 g/mol. The molecule has 0 aliphatic carbocycles. The smallest absolute Gasteiger partial charge is 0.338 e. The first-order chi connectivity index (χ1) is 11.0. The fourth-order valence-corrected chi connectivity index (χ4v) is 1.69. The van der Waals surface area contributed by atoms with Crippen molar-refractivity contribution in [3.8, 4) is 5.75 Å². The predicted molar refractivity (Wildman–Crippen MR) is 84.2 cm³/mol. The minimum absolute atomic E-state index is 0.276. The van der Waals surface area contributed by atoms with Gasteiger partial charge in [-0.1, -0.05) is 6.92 Å². The lowest BCUT2D eigenvalue weighted by atomic mass is 10.2. The van der Waals surface area contributed by atoms with Gasteiger partial charge >= 0.3 is 5.97 Å². The third-order valence-electron chi connectivity index (χ3n) is 2.98. The second kappa shape index (κ2) is 9.45. The summed E-state index contributed by atoms with van der Waals surface area (Å²) in [7, 11) is 1.52. The van der Waals surface area contributed by atoms with Gasteiger partial charge in [-0.25, -0.2) is 4.79 Å². The number of methoxy groups -OCH3 is 1. The summed E-state index contributed by atoms with van der Waals surface area (Å²) in [6.07, 6.45) is 0.811. The summed E-state index contributed by atoms with van der Waals surface area (Å²) in [5, 5.41) is 5.13. The first-order valence-corrected chi connectivity index (χ1v) is 7.36. The Morgan fingerprint density at radius 2 is 1.83 bits per heavy atom. The number of nitrogens with one attached hydrogen (secondary N) is 2. The van der Waals surface area contributed by atoms with Crippen LogP contribution in [0.15, 0.2) is 24.3 Å². The SMILES string of the molecule is CCCNC(=O)[C@@H](C)NC(=O)COC(=O)c1ccc(OC)cc1. The van der Waals surface area contributed by atoms with Crippen molar-refractivity contribution in [2.45, 2.75) is 26.3 Å². The molecule has 0 spiro atoms. The second-order valence-corrected chi connectivity index (χ2v) is 4.88. The summed E-state index contributed by atoms with van der Waals surface area (Å²) in [6.45, 7) is 3.60. The zero-order valence-electron chi connectivity index (χ0n) is 13.5. The van der Waals surface area contributed by atoms with Gasteiger partial charge in [0.25, 0.3) is 5.91 Å². The molecular formula is C16H22N2O5. The van der Waals surface area contributed by atoms with Crippen molar-refractivity contribution in [1.29, 1.82) is 0 Å². The summed E-state index contributed by atoms with van der Waals surface area (Å²) < 4.78 is 9.89. The number of carbonyl (C=O) groups excluding carboxylic acids is 3. The van der Waals surface area contributed by atoms with Gasteiger partial charge in [0.2, 0.25) is 5.91 Å². The molecule has 0 bridgehead atoms. The van der Waals surface area contributed by atoms with E-state index in [1.165, 1.54) is 7.11 Å². The van der Waals surface area contributed by atoms with Crippen molar-refractivity contribution < 1.29 is 23.9 Å². The van der Waals surface area contributed by atoms with Crippen LogP contribution in [0.1, 0.15) is 30.6 Å². The molecule has 1 aromatic carbocycles. The van der Waals surface area contributed by atoms with E-state index in [4.69, 9.17) is 9.47 Å². The Morgan fingerprint density at radius 3 is 2.39 bits per heavy atom. The van der Waals surface area contributed by atoms with Crippen LogP contribution in [0, 0.1) is 0 Å². The number of rotatable bonds is 8. The van der Waals surface area contributed by atoms with E-state index in [0.717, 1.165) is 6.42 Å². The van der Waals surface area contributed by atoms with Gasteiger partial charge in [0, 0.05) is 6.54 Å². The van der Waals surface area contributed by atoms with Crippen LogP contribution in [-0.4, -0.2) is 44.1 Å². The van der Waals surface area contributed by atoms with Crippen LogP contribution >= 0.6 is 0 Å². The maximum absolute atomic E-state index is 11.8. The standard InChI is InChI=1S/C16H22N2O5/c1-4-9-17-15(20)11(2)18-14(19)10-23-16(21)12-5-7-13(22-3)8-6-12/h5-8,11H,4,9-10H2,1-3H3,(H,17,20)(H,18,19)/t11-/m1/s1. The minimum Gasteiger partial charge on any atom is -0.497 e. The number of hydrogen-bond acceptors (Lipinski definition) is 5. The van der Waals surface area contributed by atoms with Crippen molar-refractivity contribution in [3.05, 3.63) is 29.8 Å². The van der Waals surface area contributed by atoms with E-state index in [0.29, 0.717) is 17.9 Å². The lowest BCUT2D eigenvalue weighted by Crippen LogP contribution is -2.46. The first-order valence-electron chi connectivity index (χ1n) is 7.36. The molecule has 7 heteroatoms. The Bertz CT molecular complexity index is 542. The third kappa shape index (κ3) is 6.37. The van der Waals surface area contributed by atoms with E-state index < -0.39 is 24.5 Å². The van der Waals surface area contributed by atoms with Crippen LogP contribution in [0.25, 0.3) is 0 Å². The minimum atomic E-state index is -0.686. The summed E-state index contributed by atoms with van der Waals surface area (Å²) in [4.78, 5) is 35.1. The van der Waals surface area contributed by atoms with Gasteiger partial charge in [0.05, 0.1) is 12.7 Å². The van der Waals surface area contributed by atoms with Crippen molar-refractivity contribution in [1.82, 2.24) is 10.6 Å². The first kappa shape index (κ1) is 18.5. The van der Waals surface area contributed by atoms with Gasteiger partial charge in [0.1, 0.15) is 11.8 Å². The van der Waals surface area contributed by atoms with E-state index in [9.17, 15) is 14.4 Å². The van der Waals surface area contributed by atoms with Crippen LogP contribution in [0.2, 0.25) is 0 Å². The number of amides is 2. The van der Waals surface area contributed by atoms with Crippen LogP contribution < -0.4 is 15.4 Å². The molecule has 23 heavy (non-hydrogen) atoms. The molecule has 0 aliphatic heterocycles. The summed E-state index contributed by atoms with van der Waals surface area (Å²) in [5.41, 5.74) is 0.312. The van der Waals surface area contributed by atoms with Crippen molar-refractivity contribution in [2.24, 2.45) is 0 Å². The Labute approximate surface area is 135 Å². The predicted octanol–water partition coefficient (Wildman–Crippen LogP) is 0.883. The van der Waals surface area contributed by atoms with Crippen LogP contribution in [0.4, 0.5) is 0 Å². The summed E-state index contributed by atoms with van der Waals surface area (Å²) in [5.74, 6) is -0.815. The Kier molecular flexibility index (Phi) is 7.59. The second-order valence-electron chi connectivity index (χ2n) is 4.88. The van der Waals surface area contributed by atoms with Crippen molar-refractivity contribution in [3.63, 3.8) is 0 Å². The topological polar surface area (TPSA) is 93.7 Å². The summed E-state index contributed by atoms with van der Waals surface area (Å²) in [6, 6.07) is 5.64. The molecule has 0 saturated carbocycles. The normalized spacial score (nSPS) is 11.3. The largest absolute Gasteiger partial charge is 0.497 e. The van der Waals surface area contributed by atoms with Gasteiger partial charge in [-0.3, -0.25) is 9.59 Å². The highest BCUT2D eigenvalue weighted by Gasteiger charge is 2.16. The van der Waals surface area contributed by atoms with Crippen LogP contribution in [0.3, 0.4) is 0 Å². The van der Waals surface area contributed by atoms with Crippen LogP contribution in [-0.2, 0) is 14.3 Å². The Hall–Kier alpha value is -2.57. The molecule has 1 aromatic rings. The molecule has 0 fully saturated rings. The number of hydrogen-bond donors (Lipinski definition) is 2. The van der Waals surface area contributed by atoms with E-state index in [2.05, 4.69) is 10.6 Å². The molecule has 126 valence electrons. The number of esters is 1. The third-order valence-corrected chi connectivity index (χ3v) is 2.98. The van der Waals surface area contributed by atoms with Gasteiger partial charge in [-0.2, -0.15) is 0 Å². The number of ether oxygens (including phenoxy) is 2. The molecule has 0 saturated heterocycles. The average Bonchev–Trinajstić information content (AvgIpc) is 2.57. The van der Waals surface area contributed by atoms with E-state index in [1.807, 2.05) is 6.92 Å². The highest BCUT2D eigenvalue weighted by atomic mass is 16.5. The highest BCUT2D eigenvalue weighted by Crippen LogP contribution is 2.11. The zero-order valence-corrected chi connectivity index (χ0v) is 13.5. The Morgan fingerprint density at radius 1 is 1.17 bits per heavy atom. The quantitative estimate of drug-likeness (QED) is 0.693. The summed E-state index contributed by atoms with van der Waals surface area (Å²) >= 11 is 0. The monoisotopic (exact) mass is 322 g/mol. The van der Waals surface area contributed by atoms with E-state index >= 15 is 0 Å². The van der Waals surface area contributed by atoms with Gasteiger partial charge in [-0.05, 0) is 37.6 Å². The molecule has 0 aliphatic rings. The lowest BCUT2D eigenvalue weighted by Gasteiger charge is -2.13. The molecule has 0 aromatic heterocycles.